The van der Waals surface area contributed by atoms with Gasteiger partial charge in [0.2, 0.25) is 5.91 Å². The zero-order valence-electron chi connectivity index (χ0n) is 16.7. The molecule has 0 radical (unpaired) electrons. The second kappa shape index (κ2) is 7.87. The first kappa shape index (κ1) is 18.9. The molecule has 4 rings (SSSR count). The SMILES string of the molecule is CC(=O)N1CCc2nc(C3CCCCN3Cc3cc(C)ccc3O)ncc2C1. The fraction of sp³-hybridized carbons (Fsp3) is 0.500. The van der Waals surface area contributed by atoms with Gasteiger partial charge in [-0.3, -0.25) is 9.69 Å². The molecule has 28 heavy (non-hydrogen) atoms. The molecule has 0 aliphatic carbocycles. The summed E-state index contributed by atoms with van der Waals surface area (Å²) in [4.78, 5) is 25.5. The molecular formula is C22H28N4O2. The predicted molar refractivity (Wildman–Crippen MR) is 107 cm³/mol. The first-order chi connectivity index (χ1) is 13.5. The summed E-state index contributed by atoms with van der Waals surface area (Å²) in [6.45, 7) is 6.68. The first-order valence-corrected chi connectivity index (χ1v) is 10.1. The highest BCUT2D eigenvalue weighted by Gasteiger charge is 2.28. The highest BCUT2D eigenvalue weighted by Crippen LogP contribution is 2.32. The van der Waals surface area contributed by atoms with Gasteiger partial charge in [0.05, 0.1) is 11.7 Å². The third kappa shape index (κ3) is 3.87. The van der Waals surface area contributed by atoms with Crippen molar-refractivity contribution < 1.29 is 9.90 Å². The van der Waals surface area contributed by atoms with Crippen LogP contribution in [0.5, 0.6) is 5.75 Å². The van der Waals surface area contributed by atoms with Crippen molar-refractivity contribution in [1.82, 2.24) is 19.8 Å². The van der Waals surface area contributed by atoms with Gasteiger partial charge >= 0.3 is 0 Å². The minimum Gasteiger partial charge on any atom is -0.508 e. The van der Waals surface area contributed by atoms with Gasteiger partial charge in [0.1, 0.15) is 11.6 Å². The number of fused-ring (bicyclic) bond motifs is 1. The van der Waals surface area contributed by atoms with E-state index in [1.54, 1.807) is 13.0 Å². The smallest absolute Gasteiger partial charge is 0.219 e. The number of rotatable bonds is 3. The third-order valence-corrected chi connectivity index (χ3v) is 5.92. The Labute approximate surface area is 166 Å². The van der Waals surface area contributed by atoms with E-state index in [-0.39, 0.29) is 11.9 Å². The lowest BCUT2D eigenvalue weighted by Crippen LogP contribution is -2.36. The molecule has 1 N–H and O–H groups in total. The molecule has 1 fully saturated rings. The second-order valence-corrected chi connectivity index (χ2v) is 8.00. The summed E-state index contributed by atoms with van der Waals surface area (Å²) in [5.74, 6) is 1.33. The van der Waals surface area contributed by atoms with Crippen LogP contribution < -0.4 is 0 Å². The number of likely N-dealkylation sites (tertiary alicyclic amines) is 1. The van der Waals surface area contributed by atoms with Crippen LogP contribution in [0.2, 0.25) is 0 Å². The summed E-state index contributed by atoms with van der Waals surface area (Å²) in [5.41, 5.74) is 4.25. The molecule has 1 amide bonds. The van der Waals surface area contributed by atoms with E-state index in [1.807, 2.05) is 24.1 Å². The van der Waals surface area contributed by atoms with E-state index in [1.165, 1.54) is 6.42 Å². The van der Waals surface area contributed by atoms with Gasteiger partial charge in [-0.1, -0.05) is 24.1 Å². The van der Waals surface area contributed by atoms with Crippen LogP contribution in [0.15, 0.2) is 24.4 Å². The van der Waals surface area contributed by atoms with E-state index < -0.39 is 0 Å². The van der Waals surface area contributed by atoms with E-state index in [2.05, 4.69) is 16.0 Å². The van der Waals surface area contributed by atoms with Crippen molar-refractivity contribution in [2.75, 3.05) is 13.1 Å². The molecule has 1 aromatic carbocycles. The number of benzene rings is 1. The topological polar surface area (TPSA) is 69.6 Å². The van der Waals surface area contributed by atoms with Crippen molar-refractivity contribution in [3.63, 3.8) is 0 Å². The molecule has 2 aliphatic rings. The van der Waals surface area contributed by atoms with Gasteiger partial charge < -0.3 is 10.0 Å². The number of carbonyl (C=O) groups is 1. The zero-order valence-corrected chi connectivity index (χ0v) is 16.7. The number of piperidine rings is 1. The second-order valence-electron chi connectivity index (χ2n) is 8.00. The molecule has 148 valence electrons. The van der Waals surface area contributed by atoms with Crippen molar-refractivity contribution in [1.29, 1.82) is 0 Å². The maximum atomic E-state index is 11.6. The van der Waals surface area contributed by atoms with Gasteiger partial charge in [-0.05, 0) is 32.4 Å². The van der Waals surface area contributed by atoms with E-state index in [0.29, 0.717) is 18.8 Å². The van der Waals surface area contributed by atoms with Crippen LogP contribution in [0.4, 0.5) is 0 Å². The summed E-state index contributed by atoms with van der Waals surface area (Å²) in [5, 5.41) is 10.3. The van der Waals surface area contributed by atoms with Gasteiger partial charge in [0.25, 0.3) is 0 Å². The number of carbonyl (C=O) groups excluding carboxylic acids is 1. The average molecular weight is 380 g/mol. The summed E-state index contributed by atoms with van der Waals surface area (Å²) in [7, 11) is 0. The quantitative estimate of drug-likeness (QED) is 0.886. The number of hydrogen-bond acceptors (Lipinski definition) is 5. The van der Waals surface area contributed by atoms with Crippen molar-refractivity contribution in [2.24, 2.45) is 0 Å². The Kier molecular flexibility index (Phi) is 5.31. The highest BCUT2D eigenvalue weighted by molar-refractivity contribution is 5.73. The molecule has 0 saturated carbocycles. The molecule has 1 saturated heterocycles. The van der Waals surface area contributed by atoms with E-state index in [4.69, 9.17) is 4.98 Å². The Morgan fingerprint density at radius 3 is 2.96 bits per heavy atom. The van der Waals surface area contributed by atoms with Crippen molar-refractivity contribution in [3.8, 4) is 5.75 Å². The zero-order chi connectivity index (χ0) is 19.7. The number of aromatic nitrogens is 2. The summed E-state index contributed by atoms with van der Waals surface area (Å²) in [6, 6.07) is 5.94. The number of aromatic hydroxyl groups is 1. The van der Waals surface area contributed by atoms with Crippen molar-refractivity contribution >= 4 is 5.91 Å². The van der Waals surface area contributed by atoms with Gasteiger partial charge in [-0.15, -0.1) is 0 Å². The predicted octanol–water partition coefficient (Wildman–Crippen LogP) is 3.12. The number of nitrogens with zero attached hydrogens (tertiary/aromatic N) is 4. The highest BCUT2D eigenvalue weighted by atomic mass is 16.3. The molecule has 1 atom stereocenters. The van der Waals surface area contributed by atoms with Gasteiger partial charge in [-0.2, -0.15) is 0 Å². The lowest BCUT2D eigenvalue weighted by Gasteiger charge is -2.35. The molecule has 1 aromatic heterocycles. The minimum absolute atomic E-state index is 0.103. The third-order valence-electron chi connectivity index (χ3n) is 5.92. The molecule has 0 bridgehead atoms. The molecule has 2 aromatic rings. The Balaban J connectivity index is 1.56. The Morgan fingerprint density at radius 1 is 1.29 bits per heavy atom. The molecule has 2 aliphatic heterocycles. The number of amides is 1. The molecule has 3 heterocycles. The normalized spacial score (nSPS) is 20.1. The molecule has 6 nitrogen and oxygen atoms in total. The largest absolute Gasteiger partial charge is 0.508 e. The molecule has 6 heteroatoms. The Bertz CT molecular complexity index is 883. The molecule has 1 unspecified atom stereocenters. The van der Waals surface area contributed by atoms with E-state index in [0.717, 1.165) is 60.6 Å². The van der Waals surface area contributed by atoms with Crippen LogP contribution in [0.3, 0.4) is 0 Å². The Hall–Kier alpha value is -2.47. The lowest BCUT2D eigenvalue weighted by molar-refractivity contribution is -0.129. The van der Waals surface area contributed by atoms with Crippen molar-refractivity contribution in [3.05, 3.63) is 52.6 Å². The number of phenols is 1. The fourth-order valence-corrected chi connectivity index (χ4v) is 4.29. The number of aryl methyl sites for hydroxylation is 1. The molecule has 0 spiro atoms. The minimum atomic E-state index is 0.103. The van der Waals surface area contributed by atoms with E-state index in [9.17, 15) is 9.90 Å². The lowest BCUT2D eigenvalue weighted by atomic mass is 9.99. The van der Waals surface area contributed by atoms with Crippen LogP contribution in [-0.4, -0.2) is 43.9 Å². The number of phenolic OH excluding ortho intramolecular Hbond substituents is 1. The monoisotopic (exact) mass is 380 g/mol. The summed E-state index contributed by atoms with van der Waals surface area (Å²) < 4.78 is 0. The Morgan fingerprint density at radius 2 is 2.14 bits per heavy atom. The summed E-state index contributed by atoms with van der Waals surface area (Å²) in [6.07, 6.45) is 6.05. The van der Waals surface area contributed by atoms with E-state index >= 15 is 0 Å². The van der Waals surface area contributed by atoms with Gasteiger partial charge in [0, 0.05) is 50.3 Å². The maximum Gasteiger partial charge on any atom is 0.219 e. The van der Waals surface area contributed by atoms with Crippen molar-refractivity contribution in [2.45, 2.75) is 58.7 Å². The van der Waals surface area contributed by atoms with Crippen LogP contribution in [0.25, 0.3) is 0 Å². The average Bonchev–Trinajstić information content (AvgIpc) is 2.70. The summed E-state index contributed by atoms with van der Waals surface area (Å²) >= 11 is 0. The fourth-order valence-electron chi connectivity index (χ4n) is 4.29. The first-order valence-electron chi connectivity index (χ1n) is 10.1. The van der Waals surface area contributed by atoms with Crippen LogP contribution in [0, 0.1) is 6.92 Å². The van der Waals surface area contributed by atoms with Crippen LogP contribution in [-0.2, 0) is 24.3 Å². The maximum absolute atomic E-state index is 11.6. The van der Waals surface area contributed by atoms with Crippen LogP contribution >= 0.6 is 0 Å². The standard InChI is InChI=1S/C22H28N4O2/c1-15-6-7-21(28)17(11-15)13-26-9-4-3-5-20(26)22-23-12-18-14-25(16(2)27)10-8-19(18)24-22/h6-7,11-12,20,28H,3-5,8-10,13-14H2,1-2H3. The number of hydrogen-bond donors (Lipinski definition) is 1. The van der Waals surface area contributed by atoms with Crippen LogP contribution in [0.1, 0.15) is 60.4 Å². The van der Waals surface area contributed by atoms with Gasteiger partial charge in [0.15, 0.2) is 0 Å². The van der Waals surface area contributed by atoms with Gasteiger partial charge in [-0.25, -0.2) is 9.97 Å². The molecular weight excluding hydrogens is 352 g/mol.